The van der Waals surface area contributed by atoms with E-state index < -0.39 is 22.7 Å². The van der Waals surface area contributed by atoms with Gasteiger partial charge < -0.3 is 24.6 Å². The molecule has 6 atom stereocenters. The molecule has 5 rings (SSSR count). The molecule has 2 aliphatic heterocycles. The molecule has 2 fully saturated rings. The van der Waals surface area contributed by atoms with Crippen molar-refractivity contribution in [2.24, 2.45) is 5.92 Å². The Labute approximate surface area is 196 Å². The SMILES string of the molecule is CC(C)[C@@H](N[C@@H]1CC[C@@]2(O)[C@H]3Cc4ccc(O)c5c4[C@@]2(CCN3C)[C@H]1O5)C(=O)OC(C)(C)C. The van der Waals surface area contributed by atoms with E-state index in [4.69, 9.17) is 9.47 Å². The molecule has 33 heavy (non-hydrogen) atoms. The minimum absolute atomic E-state index is 0.00745. The van der Waals surface area contributed by atoms with Crippen molar-refractivity contribution in [1.29, 1.82) is 0 Å². The van der Waals surface area contributed by atoms with E-state index in [1.807, 2.05) is 40.7 Å². The van der Waals surface area contributed by atoms with Crippen molar-refractivity contribution in [1.82, 2.24) is 10.2 Å². The third kappa shape index (κ3) is 3.15. The predicted molar refractivity (Wildman–Crippen MR) is 125 cm³/mol. The molecule has 1 aromatic carbocycles. The van der Waals surface area contributed by atoms with Gasteiger partial charge in [0, 0.05) is 17.6 Å². The minimum Gasteiger partial charge on any atom is -0.504 e. The molecule has 2 bridgehead atoms. The zero-order valence-electron chi connectivity index (χ0n) is 20.6. The Morgan fingerprint density at radius 3 is 2.70 bits per heavy atom. The van der Waals surface area contributed by atoms with E-state index in [0.29, 0.717) is 18.6 Å². The minimum atomic E-state index is -0.936. The van der Waals surface area contributed by atoms with Crippen LogP contribution in [0.25, 0.3) is 0 Å². The summed E-state index contributed by atoms with van der Waals surface area (Å²) in [6, 6.07) is 3.08. The maximum Gasteiger partial charge on any atom is 0.323 e. The van der Waals surface area contributed by atoms with Crippen LogP contribution in [-0.2, 0) is 21.4 Å². The zero-order chi connectivity index (χ0) is 23.9. The molecular formula is C26H38N2O5. The number of nitrogens with zero attached hydrogens (tertiary/aromatic N) is 1. The summed E-state index contributed by atoms with van der Waals surface area (Å²) in [6.45, 7) is 10.5. The number of hydrogen-bond donors (Lipinski definition) is 3. The molecule has 4 aliphatic rings. The van der Waals surface area contributed by atoms with Gasteiger partial charge in [-0.2, -0.15) is 0 Å². The monoisotopic (exact) mass is 458 g/mol. The van der Waals surface area contributed by atoms with Crippen LogP contribution in [0.15, 0.2) is 12.1 Å². The second kappa shape index (κ2) is 7.33. The van der Waals surface area contributed by atoms with Gasteiger partial charge in [0.15, 0.2) is 11.5 Å². The molecule has 1 saturated carbocycles. The average Bonchev–Trinajstić information content (AvgIpc) is 3.06. The first-order valence-electron chi connectivity index (χ1n) is 12.3. The molecule has 2 aliphatic carbocycles. The Kier molecular flexibility index (Phi) is 5.10. The standard InChI is InChI=1S/C26H38N2O5/c1-14(2)20(23(30)33-24(3,4)5)27-16-9-10-26(31)18-13-15-7-8-17(29)21-19(15)25(26,22(16)32-21)11-12-28(18)6/h7-8,14,16,18,20,22,27,29,31H,9-13H2,1-6H3/t16-,18-,20-,22+,25+,26-/m1/s1. The molecular weight excluding hydrogens is 420 g/mol. The number of ether oxygens (including phenoxy) is 2. The van der Waals surface area contributed by atoms with E-state index in [0.717, 1.165) is 30.5 Å². The fourth-order valence-electron chi connectivity index (χ4n) is 7.05. The molecule has 3 N–H and O–H groups in total. The second-order valence-electron chi connectivity index (χ2n) is 11.9. The van der Waals surface area contributed by atoms with Crippen molar-refractivity contribution in [3.05, 3.63) is 23.3 Å². The molecule has 7 heteroatoms. The maximum absolute atomic E-state index is 13.1. The van der Waals surface area contributed by atoms with E-state index in [9.17, 15) is 15.0 Å². The number of rotatable bonds is 4. The topological polar surface area (TPSA) is 91.3 Å². The van der Waals surface area contributed by atoms with Crippen molar-refractivity contribution in [2.45, 2.75) is 101 Å². The number of likely N-dealkylation sites (N-methyl/N-ethyl adjacent to an activating group) is 1. The molecule has 0 radical (unpaired) electrons. The highest BCUT2D eigenvalue weighted by Crippen LogP contribution is 2.65. The van der Waals surface area contributed by atoms with Gasteiger partial charge in [-0.3, -0.25) is 10.1 Å². The highest BCUT2D eigenvalue weighted by molar-refractivity contribution is 5.76. The zero-order valence-corrected chi connectivity index (χ0v) is 20.6. The summed E-state index contributed by atoms with van der Waals surface area (Å²) in [7, 11) is 2.09. The number of benzene rings is 1. The number of carbonyl (C=O) groups is 1. The number of aromatic hydroxyl groups is 1. The van der Waals surface area contributed by atoms with Gasteiger partial charge in [-0.1, -0.05) is 19.9 Å². The summed E-state index contributed by atoms with van der Waals surface area (Å²) in [4.78, 5) is 15.3. The van der Waals surface area contributed by atoms with Gasteiger partial charge in [0.05, 0.1) is 11.0 Å². The first-order valence-corrected chi connectivity index (χ1v) is 12.3. The van der Waals surface area contributed by atoms with Crippen LogP contribution in [0, 0.1) is 5.92 Å². The number of aliphatic hydroxyl groups is 1. The summed E-state index contributed by atoms with van der Waals surface area (Å²) in [5.74, 6) is 0.414. The van der Waals surface area contributed by atoms with Gasteiger partial charge in [-0.15, -0.1) is 0 Å². The number of phenolic OH excluding ortho intramolecular Hbond substituents is 1. The van der Waals surface area contributed by atoms with Crippen molar-refractivity contribution < 1.29 is 24.5 Å². The van der Waals surface area contributed by atoms with Crippen molar-refractivity contribution in [3.63, 3.8) is 0 Å². The van der Waals surface area contributed by atoms with Crippen LogP contribution in [0.5, 0.6) is 11.5 Å². The van der Waals surface area contributed by atoms with E-state index in [-0.39, 0.29) is 35.8 Å². The third-order valence-corrected chi connectivity index (χ3v) is 8.45. The van der Waals surface area contributed by atoms with Crippen LogP contribution in [-0.4, -0.2) is 70.1 Å². The molecule has 182 valence electrons. The van der Waals surface area contributed by atoms with Gasteiger partial charge in [-0.25, -0.2) is 0 Å². The van der Waals surface area contributed by atoms with Crippen LogP contribution in [0.3, 0.4) is 0 Å². The lowest BCUT2D eigenvalue weighted by atomic mass is 9.48. The van der Waals surface area contributed by atoms with Crippen molar-refractivity contribution in [2.75, 3.05) is 13.6 Å². The summed E-state index contributed by atoms with van der Waals surface area (Å²) >= 11 is 0. The lowest BCUT2D eigenvalue weighted by Gasteiger charge is -2.63. The van der Waals surface area contributed by atoms with Gasteiger partial charge in [-0.05, 0) is 77.6 Å². The number of piperidine rings is 1. The number of likely N-dealkylation sites (tertiary alicyclic amines) is 1. The van der Waals surface area contributed by atoms with Crippen LogP contribution in [0.1, 0.15) is 65.0 Å². The number of nitrogens with one attached hydrogen (secondary N) is 1. The van der Waals surface area contributed by atoms with E-state index in [2.05, 4.69) is 17.3 Å². The fraction of sp³-hybridized carbons (Fsp3) is 0.731. The Morgan fingerprint density at radius 1 is 1.30 bits per heavy atom. The summed E-state index contributed by atoms with van der Waals surface area (Å²) in [5.41, 5.74) is 0.0395. The molecule has 0 amide bonds. The molecule has 1 aromatic rings. The highest BCUT2D eigenvalue weighted by atomic mass is 16.6. The van der Waals surface area contributed by atoms with Crippen molar-refractivity contribution in [3.8, 4) is 11.5 Å². The predicted octanol–water partition coefficient (Wildman–Crippen LogP) is 2.50. The largest absolute Gasteiger partial charge is 0.504 e. The first kappa shape index (κ1) is 22.9. The number of carbonyl (C=O) groups excluding carboxylic acids is 1. The Hall–Kier alpha value is -1.83. The van der Waals surface area contributed by atoms with E-state index in [1.165, 1.54) is 0 Å². The van der Waals surface area contributed by atoms with Gasteiger partial charge in [0.1, 0.15) is 17.7 Å². The molecule has 1 saturated heterocycles. The van der Waals surface area contributed by atoms with E-state index in [1.54, 1.807) is 6.07 Å². The Morgan fingerprint density at radius 2 is 2.03 bits per heavy atom. The smallest absolute Gasteiger partial charge is 0.323 e. The highest BCUT2D eigenvalue weighted by Gasteiger charge is 2.72. The van der Waals surface area contributed by atoms with Crippen LogP contribution < -0.4 is 10.1 Å². The number of hydrogen-bond acceptors (Lipinski definition) is 7. The maximum atomic E-state index is 13.1. The van der Waals surface area contributed by atoms with Crippen LogP contribution >= 0.6 is 0 Å². The Bertz CT molecular complexity index is 972. The first-order chi connectivity index (χ1) is 15.4. The molecule has 7 nitrogen and oxygen atoms in total. The number of esters is 1. The summed E-state index contributed by atoms with van der Waals surface area (Å²) in [5, 5.41) is 26.6. The normalized spacial score (nSPS) is 35.7. The van der Waals surface area contributed by atoms with Gasteiger partial charge in [0.25, 0.3) is 0 Å². The molecule has 0 aromatic heterocycles. The lowest BCUT2D eigenvalue weighted by Crippen LogP contribution is -2.78. The molecule has 0 unspecified atom stereocenters. The second-order valence-corrected chi connectivity index (χ2v) is 11.9. The fourth-order valence-corrected chi connectivity index (χ4v) is 7.05. The lowest BCUT2D eigenvalue weighted by molar-refractivity contribution is -0.188. The summed E-state index contributed by atoms with van der Waals surface area (Å²) < 4.78 is 12.3. The van der Waals surface area contributed by atoms with Crippen LogP contribution in [0.4, 0.5) is 0 Å². The average molecular weight is 459 g/mol. The van der Waals surface area contributed by atoms with Crippen LogP contribution in [0.2, 0.25) is 0 Å². The van der Waals surface area contributed by atoms with E-state index >= 15 is 0 Å². The summed E-state index contributed by atoms with van der Waals surface area (Å²) in [6.07, 6.45) is 2.44. The molecule has 1 spiro atoms. The van der Waals surface area contributed by atoms with Gasteiger partial charge in [0.2, 0.25) is 0 Å². The third-order valence-electron chi connectivity index (χ3n) is 8.45. The van der Waals surface area contributed by atoms with Crippen molar-refractivity contribution >= 4 is 5.97 Å². The molecule has 2 heterocycles. The number of phenols is 1. The van der Waals surface area contributed by atoms with Gasteiger partial charge >= 0.3 is 5.97 Å². The Balaban J connectivity index is 1.55. The quantitative estimate of drug-likeness (QED) is 0.597.